The van der Waals surface area contributed by atoms with E-state index in [-0.39, 0.29) is 11.1 Å². The molecule has 0 saturated carbocycles. The van der Waals surface area contributed by atoms with Crippen molar-refractivity contribution < 1.29 is 13.9 Å². The number of allylic oxidation sites excluding steroid dienone is 2. The van der Waals surface area contributed by atoms with Gasteiger partial charge in [-0.15, -0.1) is 0 Å². The van der Waals surface area contributed by atoms with Gasteiger partial charge in [-0.05, 0) is 55.8 Å². The molecule has 4 heteroatoms. The normalized spacial score (nSPS) is 12.6. The molecule has 29 heavy (non-hydrogen) atoms. The van der Waals surface area contributed by atoms with Gasteiger partial charge in [-0.3, -0.25) is 0 Å². The van der Waals surface area contributed by atoms with Gasteiger partial charge in [0.25, 0.3) is 0 Å². The minimum Gasteiger partial charge on any atom is -0.497 e. The molecular formula is C25H38O3Si. The molecule has 0 aliphatic heterocycles. The molecule has 0 aliphatic rings. The zero-order chi connectivity index (χ0) is 22.1. The monoisotopic (exact) mass is 414 g/mol. The number of ether oxygens (including phenoxy) is 2. The smallest absolute Gasteiger partial charge is 0.192 e. The molecule has 0 aliphatic carbocycles. The van der Waals surface area contributed by atoms with Gasteiger partial charge in [0.1, 0.15) is 5.75 Å². The van der Waals surface area contributed by atoms with Gasteiger partial charge in [0.15, 0.2) is 8.32 Å². The van der Waals surface area contributed by atoms with Crippen LogP contribution in [0.4, 0.5) is 0 Å². The third-order valence-corrected chi connectivity index (χ3v) is 9.66. The fourth-order valence-corrected chi connectivity index (χ4v) is 3.62. The topological polar surface area (TPSA) is 27.7 Å². The Hall–Kier alpha value is -1.80. The van der Waals surface area contributed by atoms with Crippen molar-refractivity contribution in [3.05, 3.63) is 53.6 Å². The second-order valence-electron chi connectivity index (χ2n) is 9.07. The lowest BCUT2D eigenvalue weighted by Crippen LogP contribution is -2.44. The maximum absolute atomic E-state index is 6.62. The zero-order valence-corrected chi connectivity index (χ0v) is 20.5. The van der Waals surface area contributed by atoms with Gasteiger partial charge in [-0.2, -0.15) is 0 Å². The standard InChI is InChI=1S/C25H38O3Si/c1-20(2)11-10-12-21(3)24(28-29(8,9)25(4,5)6)17-18-27-19-22-13-15-23(26-7)16-14-22/h11,13-16,24H,3,17-19H2,1-2,4-9H3/t24-/m0/s1. The maximum atomic E-state index is 6.62. The van der Waals surface area contributed by atoms with Crippen LogP contribution in [-0.2, 0) is 15.8 Å². The first-order valence-electron chi connectivity index (χ1n) is 10.2. The molecule has 0 heterocycles. The van der Waals surface area contributed by atoms with E-state index in [4.69, 9.17) is 13.9 Å². The molecule has 0 aromatic heterocycles. The van der Waals surface area contributed by atoms with E-state index in [1.165, 1.54) is 5.57 Å². The summed E-state index contributed by atoms with van der Waals surface area (Å²) in [5, 5.41) is 0.128. The SMILES string of the molecule is C=C(C#CC=C(C)C)[C@H](CCOCc1ccc(OC)cc1)O[Si](C)(C)C(C)(C)C. The minimum atomic E-state index is -1.94. The number of benzene rings is 1. The Labute approximate surface area is 179 Å². The van der Waals surface area contributed by atoms with Crippen molar-refractivity contribution in [2.24, 2.45) is 0 Å². The predicted molar refractivity (Wildman–Crippen MR) is 126 cm³/mol. The summed E-state index contributed by atoms with van der Waals surface area (Å²) >= 11 is 0. The van der Waals surface area contributed by atoms with Crippen LogP contribution in [0.2, 0.25) is 18.1 Å². The van der Waals surface area contributed by atoms with Crippen LogP contribution in [0, 0.1) is 11.8 Å². The molecule has 160 valence electrons. The maximum Gasteiger partial charge on any atom is 0.192 e. The van der Waals surface area contributed by atoms with E-state index >= 15 is 0 Å². The van der Waals surface area contributed by atoms with Gasteiger partial charge in [0, 0.05) is 18.6 Å². The summed E-state index contributed by atoms with van der Waals surface area (Å²) in [5.74, 6) is 7.10. The number of methoxy groups -OCH3 is 1. The summed E-state index contributed by atoms with van der Waals surface area (Å²) in [6, 6.07) is 7.93. The van der Waals surface area contributed by atoms with Gasteiger partial charge in [0.2, 0.25) is 0 Å². The Balaban J connectivity index is 2.75. The third kappa shape index (κ3) is 9.04. The van der Waals surface area contributed by atoms with Crippen molar-refractivity contribution in [1.29, 1.82) is 0 Å². The highest BCUT2D eigenvalue weighted by atomic mass is 28.4. The van der Waals surface area contributed by atoms with E-state index < -0.39 is 8.32 Å². The summed E-state index contributed by atoms with van der Waals surface area (Å²) in [7, 11) is -0.272. The first-order valence-corrected chi connectivity index (χ1v) is 13.1. The van der Waals surface area contributed by atoms with Crippen LogP contribution in [-0.4, -0.2) is 28.1 Å². The quantitative estimate of drug-likeness (QED) is 0.262. The molecule has 0 saturated heterocycles. The average molecular weight is 415 g/mol. The molecule has 0 amide bonds. The fraction of sp³-hybridized carbons (Fsp3) is 0.520. The molecule has 0 radical (unpaired) electrons. The predicted octanol–water partition coefficient (Wildman–Crippen LogP) is 6.52. The van der Waals surface area contributed by atoms with Crippen LogP contribution >= 0.6 is 0 Å². The first kappa shape index (κ1) is 25.2. The van der Waals surface area contributed by atoms with E-state index in [0.29, 0.717) is 13.2 Å². The van der Waals surface area contributed by atoms with E-state index in [1.807, 2.05) is 44.2 Å². The van der Waals surface area contributed by atoms with Gasteiger partial charge in [0.05, 0.1) is 19.8 Å². The van der Waals surface area contributed by atoms with Crippen LogP contribution in [0.5, 0.6) is 5.75 Å². The molecule has 0 spiro atoms. The van der Waals surface area contributed by atoms with E-state index in [1.54, 1.807) is 7.11 Å². The Morgan fingerprint density at radius 1 is 1.17 bits per heavy atom. The van der Waals surface area contributed by atoms with Crippen molar-refractivity contribution in [2.75, 3.05) is 13.7 Å². The van der Waals surface area contributed by atoms with Crippen LogP contribution in [0.15, 0.2) is 48.1 Å². The van der Waals surface area contributed by atoms with Crippen molar-refractivity contribution in [3.8, 4) is 17.6 Å². The lowest BCUT2D eigenvalue weighted by atomic mass is 10.1. The van der Waals surface area contributed by atoms with E-state index in [2.05, 4.69) is 52.3 Å². The van der Waals surface area contributed by atoms with Crippen molar-refractivity contribution in [2.45, 2.75) is 71.9 Å². The molecular weight excluding hydrogens is 376 g/mol. The molecule has 1 atom stereocenters. The highest BCUT2D eigenvalue weighted by Crippen LogP contribution is 2.38. The number of rotatable bonds is 9. The van der Waals surface area contributed by atoms with Gasteiger partial charge < -0.3 is 13.9 Å². The van der Waals surface area contributed by atoms with Crippen LogP contribution in [0.25, 0.3) is 0 Å². The number of hydrogen-bond donors (Lipinski definition) is 0. The Kier molecular flexibility index (Phi) is 9.92. The third-order valence-electron chi connectivity index (χ3n) is 5.18. The molecule has 0 fully saturated rings. The van der Waals surface area contributed by atoms with Gasteiger partial charge >= 0.3 is 0 Å². The molecule has 0 bridgehead atoms. The molecule has 0 N–H and O–H groups in total. The van der Waals surface area contributed by atoms with Crippen LogP contribution < -0.4 is 4.74 Å². The Morgan fingerprint density at radius 2 is 1.79 bits per heavy atom. The lowest BCUT2D eigenvalue weighted by molar-refractivity contribution is 0.0891. The summed E-state index contributed by atoms with van der Waals surface area (Å²) in [4.78, 5) is 0. The minimum absolute atomic E-state index is 0.121. The van der Waals surface area contributed by atoms with E-state index in [9.17, 15) is 0 Å². The van der Waals surface area contributed by atoms with Gasteiger partial charge in [-0.1, -0.05) is 56.9 Å². The second-order valence-corrected chi connectivity index (χ2v) is 13.8. The largest absolute Gasteiger partial charge is 0.497 e. The summed E-state index contributed by atoms with van der Waals surface area (Å²) < 4.78 is 17.7. The summed E-state index contributed by atoms with van der Waals surface area (Å²) in [6.45, 7) is 20.7. The Morgan fingerprint density at radius 3 is 2.31 bits per heavy atom. The summed E-state index contributed by atoms with van der Waals surface area (Å²) in [6.07, 6.45) is 2.53. The molecule has 1 aromatic carbocycles. The molecule has 3 nitrogen and oxygen atoms in total. The Bertz CT molecular complexity index is 739. The van der Waals surface area contributed by atoms with Crippen molar-refractivity contribution in [1.82, 2.24) is 0 Å². The highest BCUT2D eigenvalue weighted by molar-refractivity contribution is 6.74. The van der Waals surface area contributed by atoms with Crippen molar-refractivity contribution >= 4 is 8.32 Å². The van der Waals surface area contributed by atoms with Crippen LogP contribution in [0.3, 0.4) is 0 Å². The van der Waals surface area contributed by atoms with Gasteiger partial charge in [-0.25, -0.2) is 0 Å². The second kappa shape index (κ2) is 11.4. The van der Waals surface area contributed by atoms with E-state index in [0.717, 1.165) is 23.3 Å². The molecule has 1 aromatic rings. The van der Waals surface area contributed by atoms with Crippen molar-refractivity contribution in [3.63, 3.8) is 0 Å². The highest BCUT2D eigenvalue weighted by Gasteiger charge is 2.39. The average Bonchev–Trinajstić information content (AvgIpc) is 2.63. The van der Waals surface area contributed by atoms with Crippen LogP contribution in [0.1, 0.15) is 46.6 Å². The number of hydrogen-bond acceptors (Lipinski definition) is 3. The lowest BCUT2D eigenvalue weighted by Gasteiger charge is -2.39. The first-order chi connectivity index (χ1) is 13.5. The molecule has 0 unspecified atom stereocenters. The summed E-state index contributed by atoms with van der Waals surface area (Å²) in [5.41, 5.74) is 3.12. The fourth-order valence-electron chi connectivity index (χ4n) is 2.29. The molecule has 1 rings (SSSR count). The zero-order valence-electron chi connectivity index (χ0n) is 19.5.